The Hall–Kier alpha value is -4.11. The van der Waals surface area contributed by atoms with Crippen LogP contribution in [-0.4, -0.2) is 5.11 Å². The third-order valence-corrected chi connectivity index (χ3v) is 7.07. The predicted molar refractivity (Wildman–Crippen MR) is 135 cm³/mol. The molecule has 0 unspecified atom stereocenters. The van der Waals surface area contributed by atoms with Crippen LogP contribution in [0.2, 0.25) is 0 Å². The smallest absolute Gasteiger partial charge is 0.343 e. The number of para-hydroxylation sites is 1. The van der Waals surface area contributed by atoms with Gasteiger partial charge in [-0.1, -0.05) is 91.0 Å². The van der Waals surface area contributed by atoms with Crippen LogP contribution in [0.25, 0.3) is 22.1 Å². The quantitative estimate of drug-likeness (QED) is 0.304. The first-order valence-electron chi connectivity index (χ1n) is 11.7. The SMILES string of the molecule is O=c1oc2ccccc2c(O)c1[C@@H]1C[C@@H](c2ccc(-c3ccccc3)cc2)Cc2ccccc21. The Labute approximate surface area is 197 Å². The zero-order chi connectivity index (χ0) is 23.1. The summed E-state index contributed by atoms with van der Waals surface area (Å²) in [5, 5.41) is 11.7. The highest BCUT2D eigenvalue weighted by molar-refractivity contribution is 5.84. The Bertz CT molecular complexity index is 1530. The van der Waals surface area contributed by atoms with Crippen LogP contribution in [0.4, 0.5) is 0 Å². The van der Waals surface area contributed by atoms with Crippen LogP contribution >= 0.6 is 0 Å². The van der Waals surface area contributed by atoms with Crippen molar-refractivity contribution in [1.29, 1.82) is 0 Å². The second-order valence-corrected chi connectivity index (χ2v) is 9.02. The molecule has 0 bridgehead atoms. The molecule has 1 aromatic heterocycles. The molecule has 34 heavy (non-hydrogen) atoms. The molecule has 2 atom stereocenters. The van der Waals surface area contributed by atoms with E-state index in [-0.39, 0.29) is 17.6 Å². The van der Waals surface area contributed by atoms with E-state index in [0.29, 0.717) is 16.5 Å². The van der Waals surface area contributed by atoms with Crippen molar-refractivity contribution in [3.8, 4) is 16.9 Å². The topological polar surface area (TPSA) is 50.4 Å². The minimum absolute atomic E-state index is 0.0340. The Morgan fingerprint density at radius 1 is 0.735 bits per heavy atom. The third kappa shape index (κ3) is 3.50. The summed E-state index contributed by atoms with van der Waals surface area (Å²) in [7, 11) is 0. The van der Waals surface area contributed by atoms with Crippen molar-refractivity contribution in [3.05, 3.63) is 136 Å². The number of aromatic hydroxyl groups is 1. The third-order valence-electron chi connectivity index (χ3n) is 7.07. The van der Waals surface area contributed by atoms with Crippen LogP contribution in [0.15, 0.2) is 112 Å². The Kier molecular flexibility index (Phi) is 5.03. The summed E-state index contributed by atoms with van der Waals surface area (Å²) in [6.45, 7) is 0. The summed E-state index contributed by atoms with van der Waals surface area (Å²) in [6.07, 6.45) is 1.63. The fraction of sp³-hybridized carbons (Fsp3) is 0.129. The fourth-order valence-electron chi connectivity index (χ4n) is 5.38. The maximum atomic E-state index is 13.1. The molecule has 1 N–H and O–H groups in total. The fourth-order valence-corrected chi connectivity index (χ4v) is 5.38. The van der Waals surface area contributed by atoms with Crippen LogP contribution in [0, 0.1) is 0 Å². The van der Waals surface area contributed by atoms with E-state index in [1.807, 2.05) is 36.4 Å². The van der Waals surface area contributed by atoms with Crippen molar-refractivity contribution in [2.75, 3.05) is 0 Å². The molecule has 1 aliphatic carbocycles. The van der Waals surface area contributed by atoms with Gasteiger partial charge >= 0.3 is 5.63 Å². The van der Waals surface area contributed by atoms with E-state index in [0.717, 1.165) is 18.4 Å². The number of fused-ring (bicyclic) bond motifs is 2. The second kappa shape index (κ2) is 8.35. The van der Waals surface area contributed by atoms with E-state index in [9.17, 15) is 9.90 Å². The second-order valence-electron chi connectivity index (χ2n) is 9.02. The van der Waals surface area contributed by atoms with E-state index in [2.05, 4.69) is 48.5 Å². The zero-order valence-corrected chi connectivity index (χ0v) is 18.6. The van der Waals surface area contributed by atoms with E-state index >= 15 is 0 Å². The van der Waals surface area contributed by atoms with Crippen LogP contribution in [0.3, 0.4) is 0 Å². The molecule has 6 rings (SSSR count). The average Bonchev–Trinajstić information content (AvgIpc) is 2.89. The van der Waals surface area contributed by atoms with Gasteiger partial charge in [0.15, 0.2) is 0 Å². The van der Waals surface area contributed by atoms with Gasteiger partial charge in [-0.25, -0.2) is 4.79 Å². The van der Waals surface area contributed by atoms with Crippen molar-refractivity contribution in [2.45, 2.75) is 24.7 Å². The van der Waals surface area contributed by atoms with Gasteiger partial charge < -0.3 is 9.52 Å². The van der Waals surface area contributed by atoms with E-state index in [1.54, 1.807) is 18.2 Å². The molecule has 0 fully saturated rings. The van der Waals surface area contributed by atoms with E-state index in [4.69, 9.17) is 4.42 Å². The van der Waals surface area contributed by atoms with E-state index in [1.165, 1.54) is 22.3 Å². The van der Waals surface area contributed by atoms with Gasteiger partial charge in [-0.2, -0.15) is 0 Å². The number of benzene rings is 4. The highest BCUT2D eigenvalue weighted by Gasteiger charge is 2.33. The van der Waals surface area contributed by atoms with Crippen molar-refractivity contribution < 1.29 is 9.52 Å². The van der Waals surface area contributed by atoms with Crippen molar-refractivity contribution in [3.63, 3.8) is 0 Å². The zero-order valence-electron chi connectivity index (χ0n) is 18.6. The predicted octanol–water partition coefficient (Wildman–Crippen LogP) is 7.03. The largest absolute Gasteiger partial charge is 0.507 e. The molecular formula is C31H24O3. The van der Waals surface area contributed by atoms with Gasteiger partial charge in [0, 0.05) is 5.92 Å². The lowest BCUT2D eigenvalue weighted by atomic mass is 9.72. The maximum absolute atomic E-state index is 13.1. The molecule has 166 valence electrons. The van der Waals surface area contributed by atoms with Crippen molar-refractivity contribution in [2.24, 2.45) is 0 Å². The minimum atomic E-state index is -0.462. The Morgan fingerprint density at radius 3 is 2.24 bits per heavy atom. The number of hydrogen-bond acceptors (Lipinski definition) is 3. The summed E-state index contributed by atoms with van der Waals surface area (Å²) in [5.41, 5.74) is 6.23. The molecule has 3 nitrogen and oxygen atoms in total. The monoisotopic (exact) mass is 444 g/mol. The molecule has 0 saturated heterocycles. The van der Waals surface area contributed by atoms with Gasteiger partial charge in [0.25, 0.3) is 0 Å². The first-order valence-corrected chi connectivity index (χ1v) is 11.7. The summed E-state index contributed by atoms with van der Waals surface area (Å²) >= 11 is 0. The maximum Gasteiger partial charge on any atom is 0.343 e. The molecular weight excluding hydrogens is 420 g/mol. The standard InChI is InChI=1S/C31H24O3/c32-30-26-12-6-7-13-28(26)34-31(33)29(30)27-19-24(18-23-10-4-5-11-25(23)27)22-16-14-21(15-17-22)20-8-2-1-3-9-20/h1-17,24,27,32H,18-19H2/t24-,27+/m0/s1. The van der Waals surface area contributed by atoms with Crippen LogP contribution < -0.4 is 5.63 Å². The Morgan fingerprint density at radius 2 is 1.41 bits per heavy atom. The lowest BCUT2D eigenvalue weighted by molar-refractivity contribution is 0.437. The van der Waals surface area contributed by atoms with Crippen LogP contribution in [0.1, 0.15) is 40.5 Å². The average molecular weight is 445 g/mol. The number of hydrogen-bond donors (Lipinski definition) is 1. The van der Waals surface area contributed by atoms with Crippen LogP contribution in [0.5, 0.6) is 5.75 Å². The van der Waals surface area contributed by atoms with Gasteiger partial charge in [0.2, 0.25) is 0 Å². The highest BCUT2D eigenvalue weighted by Crippen LogP contribution is 2.45. The minimum Gasteiger partial charge on any atom is -0.507 e. The molecule has 0 spiro atoms. The van der Waals surface area contributed by atoms with Crippen molar-refractivity contribution >= 4 is 11.0 Å². The summed E-state index contributed by atoms with van der Waals surface area (Å²) < 4.78 is 5.63. The van der Waals surface area contributed by atoms with Gasteiger partial charge in [-0.15, -0.1) is 0 Å². The van der Waals surface area contributed by atoms with Gasteiger partial charge in [0.05, 0.1) is 10.9 Å². The van der Waals surface area contributed by atoms with E-state index < -0.39 is 5.63 Å². The first-order chi connectivity index (χ1) is 16.7. The molecule has 0 aliphatic heterocycles. The van der Waals surface area contributed by atoms with Gasteiger partial charge in [-0.3, -0.25) is 0 Å². The molecule has 0 radical (unpaired) electrons. The molecule has 0 amide bonds. The lowest BCUT2D eigenvalue weighted by Crippen LogP contribution is -2.23. The van der Waals surface area contributed by atoms with Gasteiger partial charge in [0.1, 0.15) is 11.3 Å². The summed E-state index contributed by atoms with van der Waals surface area (Å²) in [4.78, 5) is 13.1. The highest BCUT2D eigenvalue weighted by atomic mass is 16.4. The van der Waals surface area contributed by atoms with Crippen LogP contribution in [-0.2, 0) is 6.42 Å². The van der Waals surface area contributed by atoms with Crippen molar-refractivity contribution in [1.82, 2.24) is 0 Å². The first kappa shape index (κ1) is 20.5. The molecule has 4 aromatic carbocycles. The van der Waals surface area contributed by atoms with Gasteiger partial charge in [-0.05, 0) is 58.7 Å². The normalized spacial score (nSPS) is 17.4. The summed E-state index contributed by atoms with van der Waals surface area (Å²) in [5.74, 6) is 0.0336. The number of rotatable bonds is 3. The molecule has 0 saturated carbocycles. The molecule has 5 aromatic rings. The molecule has 3 heteroatoms. The summed E-state index contributed by atoms with van der Waals surface area (Å²) in [6, 6.07) is 34.5. The Balaban J connectivity index is 1.43. The lowest BCUT2D eigenvalue weighted by Gasteiger charge is -2.32. The molecule has 1 heterocycles. The molecule has 1 aliphatic rings.